The van der Waals surface area contributed by atoms with Crippen molar-refractivity contribution in [2.45, 2.75) is 12.2 Å². The maximum atomic E-state index is 14.1. The highest BCUT2D eigenvalue weighted by molar-refractivity contribution is 7.07. The van der Waals surface area contributed by atoms with Gasteiger partial charge in [-0.3, -0.25) is 9.59 Å². The summed E-state index contributed by atoms with van der Waals surface area (Å²) in [6.07, 6.45) is -4.88. The first-order valence-electron chi connectivity index (χ1n) is 10.5. The molecule has 2 heterocycles. The van der Waals surface area contributed by atoms with Gasteiger partial charge >= 0.3 is 6.18 Å². The minimum absolute atomic E-state index is 0.0343. The normalized spacial score (nSPS) is 14.9. The maximum absolute atomic E-state index is 14.1. The smallest absolute Gasteiger partial charge is 0.341 e. The van der Waals surface area contributed by atoms with Gasteiger partial charge in [0.25, 0.3) is 11.8 Å². The molecule has 4 aromatic rings. The lowest BCUT2D eigenvalue weighted by Gasteiger charge is -2.19. The van der Waals surface area contributed by atoms with Crippen LogP contribution >= 0.6 is 22.9 Å². The van der Waals surface area contributed by atoms with E-state index in [1.807, 2.05) is 0 Å². The van der Waals surface area contributed by atoms with E-state index >= 15 is 0 Å². The summed E-state index contributed by atoms with van der Waals surface area (Å²) < 4.78 is 67.6. The van der Waals surface area contributed by atoms with E-state index in [-0.39, 0.29) is 33.5 Å². The Balaban J connectivity index is 1.65. The Morgan fingerprint density at radius 2 is 1.84 bits per heavy atom. The van der Waals surface area contributed by atoms with Gasteiger partial charge < -0.3 is 10.6 Å². The molecule has 2 N–H and O–H groups in total. The quantitative estimate of drug-likeness (QED) is 0.274. The monoisotopic (exact) mass is 549 g/mol. The molecule has 0 aliphatic carbocycles. The van der Waals surface area contributed by atoms with Gasteiger partial charge in [0, 0.05) is 43.9 Å². The number of carbonyl (C=O) groups excluding carboxylic acids is 2. The molecule has 1 aliphatic rings. The van der Waals surface area contributed by atoms with Crippen molar-refractivity contribution in [1.29, 1.82) is 0 Å². The summed E-state index contributed by atoms with van der Waals surface area (Å²) in [5.41, 5.74) is 1.14. The van der Waals surface area contributed by atoms with E-state index in [2.05, 4.69) is 15.6 Å². The van der Waals surface area contributed by atoms with Crippen LogP contribution in [0.3, 0.4) is 0 Å². The minimum Gasteiger partial charge on any atom is -0.341 e. The van der Waals surface area contributed by atoms with E-state index in [1.165, 1.54) is 29.5 Å². The standard InChI is InChI=1S/C25H13ClF5N3O2S/c26-18-2-1-14(27)8-16(18)22-21-17(24(36)34-22)5-11(20-9-37-10-32-20)6-19(21)33-23(35)12-3-13(25(29,30)31)7-15(28)4-12/h1-10,22H,(H,33,35)(H,34,36)/t22-/m0/s1. The Kier molecular flexibility index (Phi) is 6.20. The first kappa shape index (κ1) is 24.8. The Labute approximate surface area is 214 Å². The first-order chi connectivity index (χ1) is 17.5. The number of aromatic nitrogens is 1. The van der Waals surface area contributed by atoms with Crippen molar-refractivity contribution in [3.05, 3.63) is 104 Å². The van der Waals surface area contributed by atoms with Crippen LogP contribution in [-0.2, 0) is 6.18 Å². The van der Waals surface area contributed by atoms with Gasteiger partial charge in [-0.15, -0.1) is 11.3 Å². The largest absolute Gasteiger partial charge is 0.416 e. The molecule has 0 spiro atoms. The van der Waals surface area contributed by atoms with E-state index < -0.39 is 46.8 Å². The van der Waals surface area contributed by atoms with Gasteiger partial charge in [-0.1, -0.05) is 11.6 Å². The zero-order valence-electron chi connectivity index (χ0n) is 18.3. The number of carbonyl (C=O) groups is 2. The lowest BCUT2D eigenvalue weighted by Crippen LogP contribution is -2.21. The molecule has 0 bridgehead atoms. The van der Waals surface area contributed by atoms with Crippen LogP contribution in [0.2, 0.25) is 5.02 Å². The van der Waals surface area contributed by atoms with Crippen LogP contribution in [0.1, 0.15) is 43.4 Å². The number of nitrogens with one attached hydrogen (secondary N) is 2. The second-order valence-corrected chi connectivity index (χ2v) is 9.24. The molecule has 188 valence electrons. The number of hydrogen-bond donors (Lipinski definition) is 2. The van der Waals surface area contributed by atoms with Crippen molar-refractivity contribution in [3.63, 3.8) is 0 Å². The van der Waals surface area contributed by atoms with Gasteiger partial charge in [-0.2, -0.15) is 13.2 Å². The number of fused-ring (bicyclic) bond motifs is 1. The fourth-order valence-electron chi connectivity index (χ4n) is 4.09. The van der Waals surface area contributed by atoms with Gasteiger partial charge in [-0.25, -0.2) is 13.8 Å². The Hall–Kier alpha value is -3.83. The zero-order valence-corrected chi connectivity index (χ0v) is 19.9. The molecule has 12 heteroatoms. The van der Waals surface area contributed by atoms with Crippen LogP contribution < -0.4 is 10.6 Å². The molecule has 37 heavy (non-hydrogen) atoms. The second kappa shape index (κ2) is 9.24. The van der Waals surface area contributed by atoms with Crippen LogP contribution in [0.25, 0.3) is 11.3 Å². The minimum atomic E-state index is -4.88. The molecule has 0 unspecified atom stereocenters. The molecule has 1 aromatic heterocycles. The second-order valence-electron chi connectivity index (χ2n) is 8.11. The van der Waals surface area contributed by atoms with Crippen LogP contribution in [-0.4, -0.2) is 16.8 Å². The third kappa shape index (κ3) is 4.79. The van der Waals surface area contributed by atoms with Crippen LogP contribution in [0.15, 0.2) is 59.4 Å². The highest BCUT2D eigenvalue weighted by Gasteiger charge is 2.36. The topological polar surface area (TPSA) is 71.1 Å². The fourth-order valence-corrected chi connectivity index (χ4v) is 4.88. The number of amides is 2. The molecular weight excluding hydrogens is 537 g/mol. The summed E-state index contributed by atoms with van der Waals surface area (Å²) in [5, 5.41) is 7.03. The maximum Gasteiger partial charge on any atom is 0.416 e. The summed E-state index contributed by atoms with van der Waals surface area (Å²) in [4.78, 5) is 30.2. The number of alkyl halides is 3. The molecule has 2 amide bonds. The molecular formula is C25H13ClF5N3O2S. The third-order valence-corrected chi connectivity index (χ3v) is 6.65. The fraction of sp³-hybridized carbons (Fsp3) is 0.0800. The molecule has 1 atom stereocenters. The average molecular weight is 550 g/mol. The predicted molar refractivity (Wildman–Crippen MR) is 128 cm³/mol. The summed E-state index contributed by atoms with van der Waals surface area (Å²) in [5.74, 6) is -3.46. The lowest BCUT2D eigenvalue weighted by atomic mass is 9.93. The van der Waals surface area contributed by atoms with Crippen molar-refractivity contribution in [3.8, 4) is 11.3 Å². The van der Waals surface area contributed by atoms with Crippen molar-refractivity contribution < 1.29 is 31.5 Å². The average Bonchev–Trinajstić information content (AvgIpc) is 3.48. The van der Waals surface area contributed by atoms with Gasteiger partial charge in [0.2, 0.25) is 0 Å². The van der Waals surface area contributed by atoms with E-state index in [0.717, 1.165) is 12.1 Å². The molecule has 0 saturated carbocycles. The van der Waals surface area contributed by atoms with Crippen LogP contribution in [0, 0.1) is 11.6 Å². The molecule has 1 aliphatic heterocycles. The summed E-state index contributed by atoms with van der Waals surface area (Å²) in [6, 6.07) is 7.08. The number of rotatable bonds is 4. The molecule has 5 rings (SSSR count). The molecule has 3 aromatic carbocycles. The Morgan fingerprint density at radius 1 is 1.05 bits per heavy atom. The van der Waals surface area contributed by atoms with Crippen molar-refractivity contribution >= 4 is 40.4 Å². The molecule has 0 fully saturated rings. The van der Waals surface area contributed by atoms with Gasteiger partial charge in [0.1, 0.15) is 11.6 Å². The van der Waals surface area contributed by atoms with Crippen molar-refractivity contribution in [2.24, 2.45) is 0 Å². The van der Waals surface area contributed by atoms with E-state index in [1.54, 1.807) is 10.9 Å². The number of thiazole rings is 1. The van der Waals surface area contributed by atoms with Crippen LogP contribution in [0.5, 0.6) is 0 Å². The van der Waals surface area contributed by atoms with E-state index in [4.69, 9.17) is 11.6 Å². The summed E-state index contributed by atoms with van der Waals surface area (Å²) in [7, 11) is 0. The SMILES string of the molecule is O=C(Nc1cc(-c2cscn2)cc2c1[C@H](c1cc(F)ccc1Cl)NC2=O)c1cc(F)cc(C(F)(F)F)c1. The zero-order chi connectivity index (χ0) is 26.5. The van der Waals surface area contributed by atoms with Crippen molar-refractivity contribution in [1.82, 2.24) is 10.3 Å². The number of anilines is 1. The highest BCUT2D eigenvalue weighted by Crippen LogP contribution is 2.42. The number of halogens is 6. The van der Waals surface area contributed by atoms with Crippen molar-refractivity contribution in [2.75, 3.05) is 5.32 Å². The number of nitrogens with zero attached hydrogens (tertiary/aromatic N) is 1. The Bertz CT molecular complexity index is 1560. The lowest BCUT2D eigenvalue weighted by molar-refractivity contribution is -0.137. The number of benzene rings is 3. The molecule has 0 radical (unpaired) electrons. The van der Waals surface area contributed by atoms with Gasteiger partial charge in [-0.05, 0) is 48.5 Å². The summed E-state index contributed by atoms with van der Waals surface area (Å²) >= 11 is 7.56. The van der Waals surface area contributed by atoms with E-state index in [0.29, 0.717) is 23.4 Å². The van der Waals surface area contributed by atoms with Gasteiger partial charge in [0.05, 0.1) is 22.8 Å². The predicted octanol–water partition coefficient (Wildman–Crippen LogP) is 6.85. The van der Waals surface area contributed by atoms with Crippen LogP contribution in [0.4, 0.5) is 27.6 Å². The molecule has 0 saturated heterocycles. The third-order valence-electron chi connectivity index (χ3n) is 5.72. The van der Waals surface area contributed by atoms with Gasteiger partial charge in [0.15, 0.2) is 0 Å². The van der Waals surface area contributed by atoms with E-state index in [9.17, 15) is 31.5 Å². The molecule has 5 nitrogen and oxygen atoms in total. The first-order valence-corrected chi connectivity index (χ1v) is 11.8. The highest BCUT2D eigenvalue weighted by atomic mass is 35.5. The Morgan fingerprint density at radius 3 is 2.54 bits per heavy atom. The summed E-state index contributed by atoms with van der Waals surface area (Å²) in [6.45, 7) is 0. The number of hydrogen-bond acceptors (Lipinski definition) is 4.